The van der Waals surface area contributed by atoms with E-state index in [1.54, 1.807) is 0 Å². The summed E-state index contributed by atoms with van der Waals surface area (Å²) < 4.78 is 5.63. The summed E-state index contributed by atoms with van der Waals surface area (Å²) in [6.45, 7) is 7.11. The number of ether oxygens (including phenoxy) is 1. The van der Waals surface area contributed by atoms with Crippen LogP contribution in [0, 0.1) is 11.3 Å². The van der Waals surface area contributed by atoms with Crippen LogP contribution in [0.2, 0.25) is 0 Å². The molecule has 1 aliphatic carbocycles. The van der Waals surface area contributed by atoms with E-state index in [9.17, 15) is 0 Å². The van der Waals surface area contributed by atoms with E-state index in [4.69, 9.17) is 10.5 Å². The van der Waals surface area contributed by atoms with Gasteiger partial charge in [-0.05, 0) is 56.4 Å². The molecule has 0 bridgehead atoms. The fraction of sp³-hybridized carbons (Fsp3) is 1.00. The number of hydrogen-bond acceptors (Lipinski definition) is 2. The van der Waals surface area contributed by atoms with E-state index in [2.05, 4.69) is 13.8 Å². The van der Waals surface area contributed by atoms with Crippen LogP contribution in [-0.4, -0.2) is 19.8 Å². The van der Waals surface area contributed by atoms with Crippen LogP contribution >= 0.6 is 0 Å². The van der Waals surface area contributed by atoms with Crippen molar-refractivity contribution in [2.24, 2.45) is 17.1 Å². The average molecular weight is 241 g/mol. The van der Waals surface area contributed by atoms with Gasteiger partial charge in [-0.2, -0.15) is 0 Å². The van der Waals surface area contributed by atoms with Crippen LogP contribution in [0.5, 0.6) is 0 Å². The monoisotopic (exact) mass is 241 g/mol. The first-order valence-corrected chi connectivity index (χ1v) is 7.54. The minimum atomic E-state index is 0.401. The predicted octanol–water partition coefficient (Wildman–Crippen LogP) is 3.74. The van der Waals surface area contributed by atoms with Crippen LogP contribution in [-0.2, 0) is 4.74 Å². The molecule has 2 nitrogen and oxygen atoms in total. The van der Waals surface area contributed by atoms with Crippen LogP contribution < -0.4 is 5.73 Å². The molecule has 1 saturated carbocycles. The smallest absolute Gasteiger partial charge is 0.0471 e. The molecule has 0 aromatic rings. The largest absolute Gasteiger partial charge is 0.381 e. The van der Waals surface area contributed by atoms with Crippen molar-refractivity contribution in [1.82, 2.24) is 0 Å². The second-order valence-electron chi connectivity index (χ2n) is 5.80. The third-order valence-corrected chi connectivity index (χ3v) is 4.42. The van der Waals surface area contributed by atoms with E-state index in [0.717, 1.165) is 32.1 Å². The molecule has 0 heterocycles. The SMILES string of the molecule is CCCOCCC1(CN)CCC(CCC)CC1. The molecule has 0 radical (unpaired) electrons. The molecule has 0 aliphatic heterocycles. The van der Waals surface area contributed by atoms with Crippen LogP contribution in [0.4, 0.5) is 0 Å². The molecule has 0 spiro atoms. The minimum absolute atomic E-state index is 0.401. The van der Waals surface area contributed by atoms with Crippen molar-refractivity contribution in [2.45, 2.75) is 65.2 Å². The molecule has 1 fully saturated rings. The molecule has 1 rings (SSSR count). The van der Waals surface area contributed by atoms with Crippen LogP contribution in [0.15, 0.2) is 0 Å². The number of nitrogens with two attached hydrogens (primary N) is 1. The molecule has 0 aromatic heterocycles. The Bertz CT molecular complexity index is 180. The van der Waals surface area contributed by atoms with Crippen molar-refractivity contribution < 1.29 is 4.74 Å². The third-order valence-electron chi connectivity index (χ3n) is 4.42. The van der Waals surface area contributed by atoms with Gasteiger partial charge in [-0.1, -0.05) is 26.7 Å². The van der Waals surface area contributed by atoms with Gasteiger partial charge in [0.05, 0.1) is 0 Å². The Labute approximate surface area is 107 Å². The molecule has 2 N–H and O–H groups in total. The highest BCUT2D eigenvalue weighted by molar-refractivity contribution is 4.86. The maximum absolute atomic E-state index is 6.02. The zero-order valence-electron chi connectivity index (χ0n) is 11.8. The lowest BCUT2D eigenvalue weighted by atomic mass is 9.68. The molecule has 0 aromatic carbocycles. The van der Waals surface area contributed by atoms with E-state index in [-0.39, 0.29) is 0 Å². The van der Waals surface area contributed by atoms with Gasteiger partial charge in [0.1, 0.15) is 0 Å². The van der Waals surface area contributed by atoms with Gasteiger partial charge >= 0.3 is 0 Å². The van der Waals surface area contributed by atoms with Crippen LogP contribution in [0.1, 0.15) is 65.2 Å². The molecule has 0 saturated heterocycles. The molecule has 1 aliphatic rings. The van der Waals surface area contributed by atoms with Crippen LogP contribution in [0.3, 0.4) is 0 Å². The van der Waals surface area contributed by atoms with Crippen molar-refractivity contribution in [3.05, 3.63) is 0 Å². The van der Waals surface area contributed by atoms with Gasteiger partial charge in [0.2, 0.25) is 0 Å². The lowest BCUT2D eigenvalue weighted by Gasteiger charge is -2.39. The Kier molecular flexibility index (Phi) is 7.14. The van der Waals surface area contributed by atoms with E-state index >= 15 is 0 Å². The van der Waals surface area contributed by atoms with Crippen molar-refractivity contribution in [3.63, 3.8) is 0 Å². The summed E-state index contributed by atoms with van der Waals surface area (Å²) >= 11 is 0. The van der Waals surface area contributed by atoms with Crippen LogP contribution in [0.25, 0.3) is 0 Å². The first-order chi connectivity index (χ1) is 8.26. The van der Waals surface area contributed by atoms with Gasteiger partial charge in [0.25, 0.3) is 0 Å². The number of rotatable bonds is 8. The minimum Gasteiger partial charge on any atom is -0.381 e. The van der Waals surface area contributed by atoms with Gasteiger partial charge in [0, 0.05) is 13.2 Å². The topological polar surface area (TPSA) is 35.2 Å². The predicted molar refractivity (Wildman–Crippen MR) is 74.1 cm³/mol. The quantitative estimate of drug-likeness (QED) is 0.657. The molecule has 17 heavy (non-hydrogen) atoms. The second-order valence-corrected chi connectivity index (χ2v) is 5.80. The highest BCUT2D eigenvalue weighted by Gasteiger charge is 2.33. The highest BCUT2D eigenvalue weighted by atomic mass is 16.5. The summed E-state index contributed by atoms with van der Waals surface area (Å²) in [7, 11) is 0. The summed E-state index contributed by atoms with van der Waals surface area (Å²) in [6, 6.07) is 0. The summed E-state index contributed by atoms with van der Waals surface area (Å²) in [5.74, 6) is 0.969. The standard InChI is InChI=1S/C15H31NO/c1-3-5-14-6-8-15(13-16,9-7-14)10-12-17-11-4-2/h14H,3-13,16H2,1-2H3. The molecular formula is C15H31NO. The lowest BCUT2D eigenvalue weighted by Crippen LogP contribution is -2.36. The van der Waals surface area contributed by atoms with Gasteiger partial charge in [-0.15, -0.1) is 0 Å². The first kappa shape index (κ1) is 15.0. The molecule has 0 atom stereocenters. The zero-order chi connectivity index (χ0) is 12.6. The lowest BCUT2D eigenvalue weighted by molar-refractivity contribution is 0.0665. The zero-order valence-corrected chi connectivity index (χ0v) is 11.8. The van der Waals surface area contributed by atoms with E-state index in [1.165, 1.54) is 44.9 Å². The van der Waals surface area contributed by atoms with Crippen molar-refractivity contribution in [3.8, 4) is 0 Å². The van der Waals surface area contributed by atoms with E-state index < -0.39 is 0 Å². The maximum Gasteiger partial charge on any atom is 0.0471 e. The van der Waals surface area contributed by atoms with Gasteiger partial charge in [0.15, 0.2) is 0 Å². The molecule has 2 heteroatoms. The Hall–Kier alpha value is -0.0800. The Balaban J connectivity index is 2.28. The third kappa shape index (κ3) is 4.97. The molecule has 0 amide bonds. The normalized spacial score (nSPS) is 29.5. The summed E-state index contributed by atoms with van der Waals surface area (Å²) in [5, 5.41) is 0. The first-order valence-electron chi connectivity index (χ1n) is 7.54. The van der Waals surface area contributed by atoms with Crippen molar-refractivity contribution in [2.75, 3.05) is 19.8 Å². The number of hydrogen-bond donors (Lipinski definition) is 1. The summed E-state index contributed by atoms with van der Waals surface area (Å²) in [6.07, 6.45) is 10.5. The Morgan fingerprint density at radius 2 is 1.82 bits per heavy atom. The van der Waals surface area contributed by atoms with Gasteiger partial charge < -0.3 is 10.5 Å². The Morgan fingerprint density at radius 3 is 2.35 bits per heavy atom. The summed E-state index contributed by atoms with van der Waals surface area (Å²) in [5.41, 5.74) is 6.42. The van der Waals surface area contributed by atoms with Gasteiger partial charge in [-0.3, -0.25) is 0 Å². The fourth-order valence-electron chi connectivity index (χ4n) is 3.08. The second kappa shape index (κ2) is 8.10. The Morgan fingerprint density at radius 1 is 1.12 bits per heavy atom. The highest BCUT2D eigenvalue weighted by Crippen LogP contribution is 2.42. The van der Waals surface area contributed by atoms with Gasteiger partial charge in [-0.25, -0.2) is 0 Å². The summed E-state index contributed by atoms with van der Waals surface area (Å²) in [4.78, 5) is 0. The molecular weight excluding hydrogens is 210 g/mol. The maximum atomic E-state index is 6.02. The van der Waals surface area contributed by atoms with Crippen molar-refractivity contribution in [1.29, 1.82) is 0 Å². The molecule has 102 valence electrons. The van der Waals surface area contributed by atoms with E-state index in [1.807, 2.05) is 0 Å². The van der Waals surface area contributed by atoms with Crippen molar-refractivity contribution >= 4 is 0 Å². The fourth-order valence-corrected chi connectivity index (χ4v) is 3.08. The van der Waals surface area contributed by atoms with E-state index in [0.29, 0.717) is 5.41 Å². The average Bonchev–Trinajstić information content (AvgIpc) is 2.37. The molecule has 0 unspecified atom stereocenters.